The number of fused-ring (bicyclic) bond motifs is 8. The van der Waals surface area contributed by atoms with E-state index in [4.69, 9.17) is 0 Å². The maximum absolute atomic E-state index is 4.12. The molecule has 1 fully saturated rings. The number of rotatable bonds is 9. The molecule has 3 aliphatic rings. The van der Waals surface area contributed by atoms with E-state index in [1.807, 2.05) is 6.08 Å². The fraction of sp³-hybridized carbons (Fsp3) is 0.175. The first-order valence-electron chi connectivity index (χ1n) is 23.6. The molecule has 2 heteroatoms. The smallest absolute Gasteiger partial charge is 0.0490 e. The summed E-state index contributed by atoms with van der Waals surface area (Å²) in [5, 5.41) is 4.95. The summed E-state index contributed by atoms with van der Waals surface area (Å²) in [6, 6.07) is 59.5. The number of anilines is 4. The van der Waals surface area contributed by atoms with E-state index in [0.29, 0.717) is 0 Å². The molecule has 2 nitrogen and oxygen atoms in total. The van der Waals surface area contributed by atoms with Gasteiger partial charge < -0.3 is 9.80 Å². The Morgan fingerprint density at radius 3 is 2.22 bits per heavy atom. The summed E-state index contributed by atoms with van der Waals surface area (Å²) in [6.07, 6.45) is 18.3. The minimum absolute atomic E-state index is 0.0901. The van der Waals surface area contributed by atoms with Gasteiger partial charge >= 0.3 is 0 Å². The van der Waals surface area contributed by atoms with Gasteiger partial charge in [0.25, 0.3) is 0 Å². The largest absolute Gasteiger partial charge is 0.341 e. The van der Waals surface area contributed by atoms with E-state index in [1.54, 1.807) is 5.56 Å². The predicted molar refractivity (Wildman–Crippen MR) is 280 cm³/mol. The first kappa shape index (κ1) is 40.6. The number of benzene rings is 8. The van der Waals surface area contributed by atoms with Crippen molar-refractivity contribution < 1.29 is 0 Å². The van der Waals surface area contributed by atoms with Crippen molar-refractivity contribution >= 4 is 56.4 Å². The van der Waals surface area contributed by atoms with Crippen molar-refractivity contribution in [2.24, 2.45) is 0 Å². The van der Waals surface area contributed by atoms with E-state index < -0.39 is 0 Å². The Balaban J connectivity index is 0.907. The zero-order valence-electron chi connectivity index (χ0n) is 37.9. The molecule has 318 valence electrons. The van der Waals surface area contributed by atoms with Crippen LogP contribution >= 0.6 is 0 Å². The van der Waals surface area contributed by atoms with Crippen LogP contribution in [0.4, 0.5) is 22.7 Å². The van der Waals surface area contributed by atoms with Crippen LogP contribution in [0.25, 0.3) is 56.0 Å². The molecule has 11 rings (SSSR count). The molecule has 0 amide bonds. The molecule has 1 saturated carbocycles. The van der Waals surface area contributed by atoms with Crippen molar-refractivity contribution in [1.29, 1.82) is 0 Å². The van der Waals surface area contributed by atoms with Crippen LogP contribution in [-0.2, 0) is 11.8 Å². The van der Waals surface area contributed by atoms with Crippen LogP contribution in [0.2, 0.25) is 0 Å². The monoisotopic (exact) mass is 840 g/mol. The Kier molecular flexibility index (Phi) is 10.5. The molecule has 1 aliphatic heterocycles. The lowest BCUT2D eigenvalue weighted by molar-refractivity contribution is 0.549. The van der Waals surface area contributed by atoms with E-state index in [0.717, 1.165) is 35.6 Å². The zero-order chi connectivity index (χ0) is 44.1. The van der Waals surface area contributed by atoms with Crippen LogP contribution in [0.3, 0.4) is 0 Å². The maximum atomic E-state index is 4.12. The Bertz CT molecular complexity index is 3260. The molecule has 65 heavy (non-hydrogen) atoms. The Hall–Kier alpha value is -7.16. The van der Waals surface area contributed by atoms with Gasteiger partial charge in [0.15, 0.2) is 0 Å². The van der Waals surface area contributed by atoms with E-state index in [-0.39, 0.29) is 5.41 Å². The van der Waals surface area contributed by atoms with Crippen LogP contribution in [-0.4, -0.2) is 6.54 Å². The average Bonchev–Trinajstić information content (AvgIpc) is 3.96. The first-order chi connectivity index (χ1) is 31.9. The standard InChI is InChI=1S/C63H56N2/c1-5-16-60(43(3)6-2)65(61-22-11-7-17-44(61)4)52-31-29-48-40-50(28-27-49(48)41-52)54-34-30-46(53-20-9-10-21-55(53)54)26-24-45-25-33-56-57-35-32-51(64-38-15-19-47-18-8-12-23-62(47)64)42-59(57)63(58(56)39-45)36-13-14-37-63/h5-12,16-18,20-35,39-42H,2,13-15,19,36-38H2,1,3-4H3/b16-5-,26-24+,60-43+. The SMILES string of the molecule is C=C/C(C)=C(\C=C/C)N(c1ccc2cc(-c3ccc(/C=C/c4ccc5c(c4)C4(CCCC4)c4cc(N6CCCc7ccccc76)ccc4-5)c4ccccc34)ccc2c1)c1ccccc1C. The van der Waals surface area contributed by atoms with Crippen LogP contribution in [0.15, 0.2) is 194 Å². The summed E-state index contributed by atoms with van der Waals surface area (Å²) in [4.78, 5) is 4.93. The molecule has 1 spiro atoms. The fourth-order valence-corrected chi connectivity index (χ4v) is 11.4. The summed E-state index contributed by atoms with van der Waals surface area (Å²) < 4.78 is 0. The second kappa shape index (κ2) is 16.8. The molecular formula is C63H56N2. The number of aryl methyl sites for hydroxylation is 2. The van der Waals surface area contributed by atoms with Gasteiger partial charge in [-0.15, -0.1) is 0 Å². The summed E-state index contributed by atoms with van der Waals surface area (Å²) in [5.41, 5.74) is 20.9. The van der Waals surface area contributed by atoms with Gasteiger partial charge in [0.1, 0.15) is 0 Å². The molecule has 0 radical (unpaired) electrons. The van der Waals surface area contributed by atoms with E-state index in [9.17, 15) is 0 Å². The second-order valence-electron chi connectivity index (χ2n) is 18.4. The fourth-order valence-electron chi connectivity index (χ4n) is 11.4. The van der Waals surface area contributed by atoms with Crippen molar-refractivity contribution in [3.05, 3.63) is 227 Å². The number of hydrogen-bond acceptors (Lipinski definition) is 2. The highest BCUT2D eigenvalue weighted by Gasteiger charge is 2.45. The maximum Gasteiger partial charge on any atom is 0.0490 e. The summed E-state index contributed by atoms with van der Waals surface area (Å²) in [6.45, 7) is 11.6. The topological polar surface area (TPSA) is 6.48 Å². The van der Waals surface area contributed by atoms with Crippen molar-refractivity contribution in [1.82, 2.24) is 0 Å². The van der Waals surface area contributed by atoms with Gasteiger partial charge in [0, 0.05) is 40.4 Å². The van der Waals surface area contributed by atoms with Gasteiger partial charge in [-0.1, -0.05) is 159 Å². The Labute approximate surface area is 385 Å². The molecule has 0 unspecified atom stereocenters. The molecule has 1 heterocycles. The molecule has 0 saturated heterocycles. The quantitative estimate of drug-likeness (QED) is 0.106. The summed E-state index contributed by atoms with van der Waals surface area (Å²) in [5.74, 6) is 0. The van der Waals surface area contributed by atoms with Crippen molar-refractivity contribution in [2.75, 3.05) is 16.3 Å². The normalized spacial score (nSPS) is 15.5. The number of hydrogen-bond donors (Lipinski definition) is 0. The highest BCUT2D eigenvalue weighted by atomic mass is 15.2. The molecule has 0 N–H and O–H groups in total. The van der Waals surface area contributed by atoms with Crippen molar-refractivity contribution in [2.45, 2.75) is 64.7 Å². The van der Waals surface area contributed by atoms with E-state index in [2.05, 4.69) is 219 Å². The molecule has 8 aromatic rings. The lowest BCUT2D eigenvalue weighted by Gasteiger charge is -2.33. The Morgan fingerprint density at radius 1 is 0.662 bits per heavy atom. The lowest BCUT2D eigenvalue weighted by atomic mass is 9.76. The molecule has 0 aromatic heterocycles. The minimum Gasteiger partial charge on any atom is -0.341 e. The summed E-state index contributed by atoms with van der Waals surface area (Å²) >= 11 is 0. The van der Waals surface area contributed by atoms with Gasteiger partial charge in [-0.2, -0.15) is 0 Å². The highest BCUT2D eigenvalue weighted by molar-refractivity contribution is 6.04. The van der Waals surface area contributed by atoms with E-state index >= 15 is 0 Å². The zero-order valence-corrected chi connectivity index (χ0v) is 37.9. The highest BCUT2D eigenvalue weighted by Crippen LogP contribution is 2.58. The third kappa shape index (κ3) is 7.04. The van der Waals surface area contributed by atoms with Crippen LogP contribution in [0, 0.1) is 6.92 Å². The number of allylic oxidation sites excluding steroid dienone is 4. The molecule has 0 bridgehead atoms. The second-order valence-corrected chi connectivity index (χ2v) is 18.4. The van der Waals surface area contributed by atoms with Gasteiger partial charge in [-0.25, -0.2) is 0 Å². The number of nitrogens with zero attached hydrogens (tertiary/aromatic N) is 2. The van der Waals surface area contributed by atoms with Gasteiger partial charge in [0.05, 0.1) is 0 Å². The van der Waals surface area contributed by atoms with Gasteiger partial charge in [-0.05, 0) is 178 Å². The third-order valence-electron chi connectivity index (χ3n) is 14.7. The lowest BCUT2D eigenvalue weighted by Crippen LogP contribution is -2.25. The van der Waals surface area contributed by atoms with Crippen LogP contribution in [0.5, 0.6) is 0 Å². The average molecular weight is 841 g/mol. The number of para-hydroxylation sites is 2. The minimum atomic E-state index is 0.0901. The van der Waals surface area contributed by atoms with Crippen LogP contribution in [0.1, 0.15) is 79.3 Å². The van der Waals surface area contributed by atoms with E-state index in [1.165, 1.54) is 115 Å². The molecule has 2 aliphatic carbocycles. The first-order valence-corrected chi connectivity index (χ1v) is 23.6. The molecule has 0 atom stereocenters. The van der Waals surface area contributed by atoms with Gasteiger partial charge in [-0.3, -0.25) is 0 Å². The van der Waals surface area contributed by atoms with Gasteiger partial charge in [0.2, 0.25) is 0 Å². The third-order valence-corrected chi connectivity index (χ3v) is 14.7. The molecular weight excluding hydrogens is 785 g/mol. The van der Waals surface area contributed by atoms with Crippen LogP contribution < -0.4 is 9.80 Å². The molecule has 8 aromatic carbocycles. The Morgan fingerprint density at radius 2 is 1.38 bits per heavy atom. The van der Waals surface area contributed by atoms with Crippen molar-refractivity contribution in [3.63, 3.8) is 0 Å². The summed E-state index contributed by atoms with van der Waals surface area (Å²) in [7, 11) is 0. The predicted octanol–water partition coefficient (Wildman–Crippen LogP) is 17.2. The van der Waals surface area contributed by atoms with Crippen molar-refractivity contribution in [3.8, 4) is 22.3 Å².